The third kappa shape index (κ3) is 2.16. The zero-order valence-corrected chi connectivity index (χ0v) is 9.33. The average Bonchev–Trinajstić information content (AvgIpc) is 2.85. The molecule has 0 aromatic heterocycles. The molecule has 0 radical (unpaired) electrons. The second kappa shape index (κ2) is 3.39. The van der Waals surface area contributed by atoms with Gasteiger partial charge in [-0.25, -0.2) is 0 Å². The molecule has 0 spiro atoms. The van der Waals surface area contributed by atoms with Gasteiger partial charge >= 0.3 is 0 Å². The smallest absolute Gasteiger partial charge is 0.0276 e. The van der Waals surface area contributed by atoms with Crippen LogP contribution in [0.2, 0.25) is 0 Å². The summed E-state index contributed by atoms with van der Waals surface area (Å²) >= 11 is 0. The molecule has 1 nitrogen and oxygen atoms in total. The van der Waals surface area contributed by atoms with Crippen molar-refractivity contribution in [3.63, 3.8) is 0 Å². The highest BCUT2D eigenvalue weighted by Crippen LogP contribution is 2.35. The van der Waals surface area contributed by atoms with Crippen LogP contribution in [0.15, 0.2) is 30.3 Å². The molecule has 0 saturated carbocycles. The van der Waals surface area contributed by atoms with Crippen LogP contribution in [0.4, 0.5) is 0 Å². The molecular weight excluding hydrogens is 170 g/mol. The van der Waals surface area contributed by atoms with Crippen molar-refractivity contribution in [1.29, 1.82) is 0 Å². The van der Waals surface area contributed by atoms with E-state index < -0.39 is 0 Å². The van der Waals surface area contributed by atoms with Crippen LogP contribution in [0.25, 0.3) is 0 Å². The Morgan fingerprint density at radius 2 is 1.86 bits per heavy atom. The molecule has 76 valence electrons. The third-order valence-electron chi connectivity index (χ3n) is 2.94. The average molecular weight is 189 g/mol. The maximum absolute atomic E-state index is 2.54. The van der Waals surface area contributed by atoms with Gasteiger partial charge in [0.05, 0.1) is 0 Å². The molecule has 1 heteroatoms. The van der Waals surface area contributed by atoms with Gasteiger partial charge in [0.15, 0.2) is 0 Å². The van der Waals surface area contributed by atoms with Gasteiger partial charge in [-0.05, 0) is 11.0 Å². The van der Waals surface area contributed by atoms with E-state index in [2.05, 4.69) is 56.0 Å². The van der Waals surface area contributed by atoms with Gasteiger partial charge < -0.3 is 0 Å². The summed E-state index contributed by atoms with van der Waals surface area (Å²) in [7, 11) is 0. The number of benzene rings is 1. The largest absolute Gasteiger partial charge is 0.293 e. The van der Waals surface area contributed by atoms with E-state index >= 15 is 0 Å². The molecule has 2 unspecified atom stereocenters. The van der Waals surface area contributed by atoms with Crippen molar-refractivity contribution in [2.45, 2.75) is 33.4 Å². The minimum Gasteiger partial charge on any atom is -0.293 e. The SMILES string of the molecule is CC(C)(C)C1CN1Cc1ccccc1. The molecule has 1 saturated heterocycles. The Kier molecular flexibility index (Phi) is 2.36. The second-order valence-electron chi connectivity index (χ2n) is 5.30. The Labute approximate surface area is 86.7 Å². The first-order chi connectivity index (χ1) is 6.57. The van der Waals surface area contributed by atoms with Crippen molar-refractivity contribution in [3.8, 4) is 0 Å². The number of rotatable bonds is 2. The lowest BCUT2D eigenvalue weighted by atomic mass is 9.92. The fraction of sp³-hybridized carbons (Fsp3) is 0.538. The van der Waals surface area contributed by atoms with Crippen molar-refractivity contribution in [3.05, 3.63) is 35.9 Å². The van der Waals surface area contributed by atoms with Crippen molar-refractivity contribution < 1.29 is 0 Å². The van der Waals surface area contributed by atoms with E-state index in [1.165, 1.54) is 12.1 Å². The Morgan fingerprint density at radius 3 is 2.36 bits per heavy atom. The first-order valence-corrected chi connectivity index (χ1v) is 5.35. The zero-order valence-electron chi connectivity index (χ0n) is 9.33. The normalized spacial score (nSPS) is 26.2. The lowest BCUT2D eigenvalue weighted by molar-refractivity contribution is 0.324. The van der Waals surface area contributed by atoms with Gasteiger partial charge in [0.2, 0.25) is 0 Å². The van der Waals surface area contributed by atoms with Crippen LogP contribution in [0.1, 0.15) is 26.3 Å². The fourth-order valence-corrected chi connectivity index (χ4v) is 1.99. The maximum atomic E-state index is 2.54. The summed E-state index contributed by atoms with van der Waals surface area (Å²) < 4.78 is 0. The maximum Gasteiger partial charge on any atom is 0.0276 e. The van der Waals surface area contributed by atoms with Crippen LogP contribution < -0.4 is 0 Å². The zero-order chi connectivity index (χ0) is 10.2. The molecule has 2 rings (SSSR count). The van der Waals surface area contributed by atoms with Crippen LogP contribution in [0, 0.1) is 5.41 Å². The van der Waals surface area contributed by atoms with E-state index in [9.17, 15) is 0 Å². The molecule has 1 aliphatic heterocycles. The second-order valence-corrected chi connectivity index (χ2v) is 5.30. The Hall–Kier alpha value is -0.820. The van der Waals surface area contributed by atoms with E-state index in [1.807, 2.05) is 0 Å². The molecule has 0 bridgehead atoms. The summed E-state index contributed by atoms with van der Waals surface area (Å²) in [5, 5.41) is 0. The third-order valence-corrected chi connectivity index (χ3v) is 2.94. The minimum atomic E-state index is 0.439. The molecule has 1 aromatic carbocycles. The highest BCUT2D eigenvalue weighted by Gasteiger charge is 2.42. The van der Waals surface area contributed by atoms with E-state index in [0.29, 0.717) is 5.41 Å². The highest BCUT2D eigenvalue weighted by atomic mass is 15.3. The molecule has 0 aliphatic carbocycles. The number of hydrogen-bond acceptors (Lipinski definition) is 1. The van der Waals surface area contributed by atoms with Gasteiger partial charge in [-0.1, -0.05) is 51.1 Å². The molecule has 1 fully saturated rings. The van der Waals surface area contributed by atoms with Crippen LogP contribution in [0.3, 0.4) is 0 Å². The van der Waals surface area contributed by atoms with Crippen LogP contribution in [0.5, 0.6) is 0 Å². The van der Waals surface area contributed by atoms with Crippen molar-refractivity contribution in [2.24, 2.45) is 5.41 Å². The van der Waals surface area contributed by atoms with Gasteiger partial charge in [-0.2, -0.15) is 0 Å². The van der Waals surface area contributed by atoms with Gasteiger partial charge in [0.1, 0.15) is 0 Å². The highest BCUT2D eigenvalue weighted by molar-refractivity contribution is 5.16. The topological polar surface area (TPSA) is 3.01 Å². The number of hydrogen-bond donors (Lipinski definition) is 0. The lowest BCUT2D eigenvalue weighted by Gasteiger charge is -2.18. The van der Waals surface area contributed by atoms with Crippen LogP contribution in [-0.4, -0.2) is 17.5 Å². The van der Waals surface area contributed by atoms with Crippen molar-refractivity contribution in [1.82, 2.24) is 4.90 Å². The summed E-state index contributed by atoms with van der Waals surface area (Å²) in [6.45, 7) is 9.34. The van der Waals surface area contributed by atoms with Gasteiger partial charge in [0.25, 0.3) is 0 Å². The fourth-order valence-electron chi connectivity index (χ4n) is 1.99. The monoisotopic (exact) mass is 189 g/mol. The molecule has 1 aliphatic rings. The summed E-state index contributed by atoms with van der Waals surface area (Å²) in [6, 6.07) is 11.5. The molecule has 1 aromatic rings. The van der Waals surface area contributed by atoms with Crippen LogP contribution >= 0.6 is 0 Å². The summed E-state index contributed by atoms with van der Waals surface area (Å²) in [6.07, 6.45) is 0. The number of nitrogens with zero attached hydrogens (tertiary/aromatic N) is 1. The van der Waals surface area contributed by atoms with Crippen molar-refractivity contribution in [2.75, 3.05) is 6.54 Å². The molecular formula is C13H19N. The summed E-state index contributed by atoms with van der Waals surface area (Å²) in [4.78, 5) is 2.54. The van der Waals surface area contributed by atoms with Crippen LogP contribution in [-0.2, 0) is 6.54 Å². The first kappa shape index (κ1) is 9.72. The Balaban J connectivity index is 1.91. The predicted molar refractivity (Wildman–Crippen MR) is 60.1 cm³/mol. The molecule has 2 atom stereocenters. The standard InChI is InChI=1S/C13H19N/c1-13(2,3)12-10-14(12)9-11-7-5-4-6-8-11/h4-8,12H,9-10H2,1-3H3. The van der Waals surface area contributed by atoms with Gasteiger partial charge in [-0.3, -0.25) is 4.90 Å². The summed E-state index contributed by atoms with van der Waals surface area (Å²) in [5.74, 6) is 0. The van der Waals surface area contributed by atoms with E-state index in [-0.39, 0.29) is 0 Å². The predicted octanol–water partition coefficient (Wildman–Crippen LogP) is 2.92. The Morgan fingerprint density at radius 1 is 1.21 bits per heavy atom. The first-order valence-electron chi connectivity index (χ1n) is 5.35. The quantitative estimate of drug-likeness (QED) is 0.646. The Bertz CT molecular complexity index is 297. The van der Waals surface area contributed by atoms with E-state index in [0.717, 1.165) is 12.6 Å². The van der Waals surface area contributed by atoms with E-state index in [4.69, 9.17) is 0 Å². The van der Waals surface area contributed by atoms with Crippen molar-refractivity contribution >= 4 is 0 Å². The van der Waals surface area contributed by atoms with Gasteiger partial charge in [-0.15, -0.1) is 0 Å². The van der Waals surface area contributed by atoms with E-state index in [1.54, 1.807) is 0 Å². The molecule has 1 heterocycles. The molecule has 14 heavy (non-hydrogen) atoms. The summed E-state index contributed by atoms with van der Waals surface area (Å²) in [5.41, 5.74) is 1.87. The minimum absolute atomic E-state index is 0.439. The lowest BCUT2D eigenvalue weighted by Crippen LogP contribution is -2.18. The van der Waals surface area contributed by atoms with Gasteiger partial charge in [0, 0.05) is 19.1 Å². The molecule has 0 amide bonds. The molecule has 0 N–H and O–H groups in total.